The van der Waals surface area contributed by atoms with Crippen molar-refractivity contribution >= 4 is 39.4 Å². The number of aromatic nitrogens is 3. The van der Waals surface area contributed by atoms with Crippen molar-refractivity contribution in [2.45, 2.75) is 26.7 Å². The minimum atomic E-state index is -1.00. The van der Waals surface area contributed by atoms with Crippen LogP contribution in [-0.2, 0) is 12.8 Å². The number of fused-ring (bicyclic) bond motifs is 2. The predicted octanol–water partition coefficient (Wildman–Crippen LogP) is 6.79. The molecule has 5 nitrogen and oxygen atoms in total. The van der Waals surface area contributed by atoms with Crippen molar-refractivity contribution in [1.29, 1.82) is 0 Å². The average Bonchev–Trinajstić information content (AvgIpc) is 3.50. The van der Waals surface area contributed by atoms with E-state index in [0.717, 1.165) is 56.2 Å². The molecular formula is C25H22ClN3O2. The van der Waals surface area contributed by atoms with E-state index < -0.39 is 5.97 Å². The molecule has 0 atom stereocenters. The fraction of sp³-hybridized carbons (Fsp3) is 0.160. The van der Waals surface area contributed by atoms with Gasteiger partial charge in [0.25, 0.3) is 0 Å². The highest BCUT2D eigenvalue weighted by Crippen LogP contribution is 2.44. The number of carboxylic acids is 1. The molecule has 3 heterocycles. The van der Waals surface area contributed by atoms with Crippen LogP contribution in [0.2, 0.25) is 5.02 Å². The Morgan fingerprint density at radius 3 is 2.52 bits per heavy atom. The molecule has 0 saturated heterocycles. The molecule has 0 aliphatic rings. The number of carbonyl (C=O) groups is 1. The van der Waals surface area contributed by atoms with E-state index in [1.54, 1.807) is 0 Å². The Labute approximate surface area is 184 Å². The first-order valence-electron chi connectivity index (χ1n) is 10.4. The topological polar surface area (TPSA) is 84.7 Å². The van der Waals surface area contributed by atoms with Gasteiger partial charge in [0.1, 0.15) is 5.69 Å². The second-order valence-electron chi connectivity index (χ2n) is 7.64. The lowest BCUT2D eigenvalue weighted by Gasteiger charge is -2.13. The van der Waals surface area contributed by atoms with Crippen LogP contribution in [-0.4, -0.2) is 26.0 Å². The Morgan fingerprint density at radius 2 is 1.77 bits per heavy atom. The molecule has 2 aromatic carbocycles. The van der Waals surface area contributed by atoms with Crippen molar-refractivity contribution < 1.29 is 9.90 Å². The molecule has 0 bridgehead atoms. The van der Waals surface area contributed by atoms with Gasteiger partial charge in [0.15, 0.2) is 0 Å². The second-order valence-corrected chi connectivity index (χ2v) is 8.05. The highest BCUT2D eigenvalue weighted by atomic mass is 35.5. The molecular weight excluding hydrogens is 410 g/mol. The summed E-state index contributed by atoms with van der Waals surface area (Å²) in [5.41, 5.74) is 7.42. The summed E-state index contributed by atoms with van der Waals surface area (Å²) in [4.78, 5) is 22.1. The second kappa shape index (κ2) is 7.36. The fourth-order valence-electron chi connectivity index (χ4n) is 4.66. The Hall–Kier alpha value is -3.44. The van der Waals surface area contributed by atoms with Crippen molar-refractivity contribution in [1.82, 2.24) is 15.0 Å². The van der Waals surface area contributed by atoms with Crippen LogP contribution in [0.4, 0.5) is 0 Å². The van der Waals surface area contributed by atoms with Crippen LogP contribution in [0.1, 0.15) is 35.5 Å². The van der Waals surface area contributed by atoms with Gasteiger partial charge in [-0.1, -0.05) is 37.6 Å². The Bertz CT molecular complexity index is 1450. The number of halogens is 1. The number of carboxylic acid groups (broad SMARTS) is 1. The number of aromatic carboxylic acids is 1. The number of H-pyrrole nitrogens is 3. The zero-order valence-electron chi connectivity index (χ0n) is 17.3. The first-order chi connectivity index (χ1) is 15.0. The number of nitrogens with one attached hydrogen (secondary N) is 3. The third-order valence-corrected chi connectivity index (χ3v) is 6.34. The number of rotatable bonds is 5. The molecule has 0 aliphatic heterocycles. The van der Waals surface area contributed by atoms with Crippen LogP contribution >= 0.6 is 11.6 Å². The summed E-state index contributed by atoms with van der Waals surface area (Å²) in [6.07, 6.45) is 5.26. The Morgan fingerprint density at radius 1 is 1.00 bits per heavy atom. The molecule has 3 aromatic heterocycles. The van der Waals surface area contributed by atoms with E-state index in [1.165, 1.54) is 0 Å². The van der Waals surface area contributed by atoms with Crippen molar-refractivity contribution in [3.63, 3.8) is 0 Å². The van der Waals surface area contributed by atoms with Crippen molar-refractivity contribution in [2.24, 2.45) is 0 Å². The summed E-state index contributed by atoms with van der Waals surface area (Å²) in [6.45, 7) is 4.12. The van der Waals surface area contributed by atoms with E-state index in [9.17, 15) is 9.90 Å². The first-order valence-corrected chi connectivity index (χ1v) is 10.8. The van der Waals surface area contributed by atoms with Crippen LogP contribution in [0, 0.1) is 0 Å². The van der Waals surface area contributed by atoms with Gasteiger partial charge in [-0.2, -0.15) is 0 Å². The van der Waals surface area contributed by atoms with E-state index >= 15 is 0 Å². The van der Waals surface area contributed by atoms with Crippen LogP contribution in [0.5, 0.6) is 0 Å². The van der Waals surface area contributed by atoms with Gasteiger partial charge >= 0.3 is 5.97 Å². The lowest BCUT2D eigenvalue weighted by atomic mass is 9.92. The third kappa shape index (κ3) is 2.88. The van der Waals surface area contributed by atoms with Gasteiger partial charge in [-0.25, -0.2) is 4.79 Å². The molecule has 0 radical (unpaired) electrons. The van der Waals surface area contributed by atoms with Gasteiger partial charge in [-0.3, -0.25) is 0 Å². The molecule has 0 unspecified atom stereocenters. The summed E-state index contributed by atoms with van der Waals surface area (Å²) < 4.78 is 0. The van der Waals surface area contributed by atoms with E-state index in [2.05, 4.69) is 21.9 Å². The minimum Gasteiger partial charge on any atom is -0.477 e. The van der Waals surface area contributed by atoms with Crippen molar-refractivity contribution in [3.05, 3.63) is 70.6 Å². The maximum atomic E-state index is 12.3. The number of aromatic amines is 3. The standard InChI is InChI=1S/C25H22ClN3O2/c1-3-13-12-18(26)20(17-9-11-28-22(13)17)21-14(4-2)23(29-24(21)25(30)31)16-6-5-7-19-15(16)8-10-27-19/h5-12,27-29H,3-4H2,1-2H3,(H,30,31). The molecule has 31 heavy (non-hydrogen) atoms. The maximum Gasteiger partial charge on any atom is 0.352 e. The lowest BCUT2D eigenvalue weighted by molar-refractivity contribution is 0.0692. The van der Waals surface area contributed by atoms with E-state index in [4.69, 9.17) is 11.6 Å². The summed E-state index contributed by atoms with van der Waals surface area (Å²) in [6, 6.07) is 11.9. The van der Waals surface area contributed by atoms with Crippen LogP contribution in [0.25, 0.3) is 44.2 Å². The molecule has 0 amide bonds. The molecule has 0 aliphatic carbocycles. The third-order valence-electron chi connectivity index (χ3n) is 6.04. The molecule has 5 rings (SSSR count). The number of benzene rings is 2. The molecule has 0 spiro atoms. The summed E-state index contributed by atoms with van der Waals surface area (Å²) in [5.74, 6) is -1.00. The molecule has 6 heteroatoms. The summed E-state index contributed by atoms with van der Waals surface area (Å²) >= 11 is 6.79. The Balaban J connectivity index is 1.89. The normalized spacial score (nSPS) is 11.6. The van der Waals surface area contributed by atoms with Gasteiger partial charge in [0, 0.05) is 55.9 Å². The molecule has 5 aromatic rings. The van der Waals surface area contributed by atoms with E-state index in [-0.39, 0.29) is 5.69 Å². The maximum absolute atomic E-state index is 12.3. The van der Waals surface area contributed by atoms with Gasteiger partial charge in [-0.15, -0.1) is 0 Å². The zero-order chi connectivity index (χ0) is 21.7. The fourth-order valence-corrected chi connectivity index (χ4v) is 4.99. The monoisotopic (exact) mass is 431 g/mol. The highest BCUT2D eigenvalue weighted by molar-refractivity contribution is 6.35. The molecule has 4 N–H and O–H groups in total. The van der Waals surface area contributed by atoms with E-state index in [0.29, 0.717) is 17.0 Å². The highest BCUT2D eigenvalue weighted by Gasteiger charge is 2.27. The smallest absolute Gasteiger partial charge is 0.352 e. The van der Waals surface area contributed by atoms with Crippen LogP contribution in [0.15, 0.2) is 48.8 Å². The number of aryl methyl sites for hydroxylation is 1. The van der Waals surface area contributed by atoms with E-state index in [1.807, 2.05) is 55.7 Å². The van der Waals surface area contributed by atoms with Gasteiger partial charge in [-0.05, 0) is 48.2 Å². The lowest BCUT2D eigenvalue weighted by Crippen LogP contribution is -2.00. The zero-order valence-corrected chi connectivity index (χ0v) is 18.0. The summed E-state index contributed by atoms with van der Waals surface area (Å²) in [7, 11) is 0. The molecule has 156 valence electrons. The number of hydrogen-bond acceptors (Lipinski definition) is 1. The van der Waals surface area contributed by atoms with Crippen LogP contribution < -0.4 is 0 Å². The van der Waals surface area contributed by atoms with Gasteiger partial charge in [0.05, 0.1) is 5.69 Å². The quantitative estimate of drug-likeness (QED) is 0.247. The summed E-state index contributed by atoms with van der Waals surface area (Å²) in [5, 5.41) is 12.6. The van der Waals surface area contributed by atoms with Gasteiger partial charge in [0.2, 0.25) is 0 Å². The molecule has 0 fully saturated rings. The molecule has 0 saturated carbocycles. The average molecular weight is 432 g/mol. The Kier molecular flexibility index (Phi) is 4.63. The van der Waals surface area contributed by atoms with Crippen LogP contribution in [0.3, 0.4) is 0 Å². The van der Waals surface area contributed by atoms with Gasteiger partial charge < -0.3 is 20.1 Å². The minimum absolute atomic E-state index is 0.160. The van der Waals surface area contributed by atoms with Crippen molar-refractivity contribution in [2.75, 3.05) is 0 Å². The number of hydrogen-bond donors (Lipinski definition) is 4. The largest absolute Gasteiger partial charge is 0.477 e. The van der Waals surface area contributed by atoms with Crippen molar-refractivity contribution in [3.8, 4) is 22.4 Å². The predicted molar refractivity (Wildman–Crippen MR) is 126 cm³/mol. The first kappa shape index (κ1) is 19.5. The SMILES string of the molecule is CCc1c(-c2cccc3[nH]ccc23)[nH]c(C(=O)O)c1-c1c(Cl)cc(CC)c2[nH]ccc12.